The van der Waals surface area contributed by atoms with Gasteiger partial charge in [0.2, 0.25) is 0 Å². The minimum absolute atomic E-state index is 0.0762. The number of benzene rings is 1. The first-order chi connectivity index (χ1) is 12.5. The zero-order chi connectivity index (χ0) is 18.6. The van der Waals surface area contributed by atoms with Crippen LogP contribution in [0.4, 0.5) is 5.82 Å². The lowest BCUT2D eigenvalue weighted by molar-refractivity contribution is 0.292. The predicted molar refractivity (Wildman–Crippen MR) is 117 cm³/mol. The van der Waals surface area contributed by atoms with Crippen molar-refractivity contribution in [3.05, 3.63) is 57.2 Å². The molecule has 1 heterocycles. The first kappa shape index (κ1) is 19.6. The molecular formula is C20H23BrClN3S. The maximum absolute atomic E-state index is 6.25. The van der Waals surface area contributed by atoms with Gasteiger partial charge in [-0.1, -0.05) is 43.0 Å². The molecule has 6 heteroatoms. The number of rotatable bonds is 4. The van der Waals surface area contributed by atoms with Gasteiger partial charge in [-0.15, -0.1) is 0 Å². The monoisotopic (exact) mass is 451 g/mol. The number of hydrogen-bond donors (Lipinski definition) is 2. The summed E-state index contributed by atoms with van der Waals surface area (Å²) in [6, 6.07) is 10.3. The molecule has 1 aliphatic rings. The van der Waals surface area contributed by atoms with Gasteiger partial charge < -0.3 is 10.6 Å². The second-order valence-electron chi connectivity index (χ2n) is 7.00. The fourth-order valence-electron chi connectivity index (χ4n) is 3.64. The van der Waals surface area contributed by atoms with Gasteiger partial charge in [-0.2, -0.15) is 0 Å². The van der Waals surface area contributed by atoms with E-state index < -0.39 is 0 Å². The Kier molecular flexibility index (Phi) is 6.54. The Morgan fingerprint density at radius 1 is 1.27 bits per heavy atom. The third-order valence-electron chi connectivity index (χ3n) is 5.04. The van der Waals surface area contributed by atoms with E-state index in [1.807, 2.05) is 31.3 Å². The number of anilines is 1. The van der Waals surface area contributed by atoms with Crippen LogP contribution in [0.15, 0.2) is 41.0 Å². The van der Waals surface area contributed by atoms with E-state index in [2.05, 4.69) is 43.7 Å². The number of nitrogens with one attached hydrogen (secondary N) is 2. The summed E-state index contributed by atoms with van der Waals surface area (Å²) in [6.45, 7) is 2.80. The van der Waals surface area contributed by atoms with Gasteiger partial charge in [0.1, 0.15) is 5.82 Å². The third kappa shape index (κ3) is 4.76. The van der Waals surface area contributed by atoms with E-state index in [0.717, 1.165) is 40.3 Å². The standard InChI is InChI=1S/C20H23BrClN3S/c1-14-10-17(21)18(23-12-14)25-19(26)24-13-20(8-3-2-4-9-20)15-6-5-7-16(22)11-15/h5-7,10-12H,2-4,8-9,13H2,1H3,(H2,23,24,25,26). The Balaban J connectivity index is 1.70. The van der Waals surface area contributed by atoms with Gasteiger partial charge in [0.05, 0.1) is 4.47 Å². The van der Waals surface area contributed by atoms with Crippen molar-refractivity contribution in [2.24, 2.45) is 0 Å². The smallest absolute Gasteiger partial charge is 0.172 e. The molecule has 0 amide bonds. The van der Waals surface area contributed by atoms with Crippen LogP contribution in [0.1, 0.15) is 43.2 Å². The van der Waals surface area contributed by atoms with Crippen molar-refractivity contribution < 1.29 is 0 Å². The summed E-state index contributed by atoms with van der Waals surface area (Å²) in [7, 11) is 0. The van der Waals surface area contributed by atoms with E-state index in [9.17, 15) is 0 Å². The van der Waals surface area contributed by atoms with E-state index in [0.29, 0.717) is 5.11 Å². The van der Waals surface area contributed by atoms with Crippen molar-refractivity contribution in [2.45, 2.75) is 44.4 Å². The van der Waals surface area contributed by atoms with Crippen molar-refractivity contribution in [1.82, 2.24) is 10.3 Å². The van der Waals surface area contributed by atoms with Gasteiger partial charge >= 0.3 is 0 Å². The Morgan fingerprint density at radius 3 is 2.73 bits per heavy atom. The van der Waals surface area contributed by atoms with E-state index in [1.165, 1.54) is 24.8 Å². The molecule has 2 N–H and O–H groups in total. The van der Waals surface area contributed by atoms with Gasteiger partial charge in [-0.3, -0.25) is 0 Å². The Bertz CT molecular complexity index is 790. The fourth-order valence-corrected chi connectivity index (χ4v) is 4.56. The summed E-state index contributed by atoms with van der Waals surface area (Å²) in [5.41, 5.74) is 2.48. The van der Waals surface area contributed by atoms with Crippen molar-refractivity contribution in [3.63, 3.8) is 0 Å². The van der Waals surface area contributed by atoms with Gasteiger partial charge in [0, 0.05) is 23.2 Å². The van der Waals surface area contributed by atoms with Crippen LogP contribution in [-0.2, 0) is 5.41 Å². The molecule has 3 rings (SSSR count). The maximum atomic E-state index is 6.25. The zero-order valence-corrected chi connectivity index (χ0v) is 18.0. The number of hydrogen-bond acceptors (Lipinski definition) is 2. The minimum atomic E-state index is 0.0762. The Hall–Kier alpha value is -1.17. The molecule has 0 radical (unpaired) electrons. The van der Waals surface area contributed by atoms with Crippen LogP contribution in [0.5, 0.6) is 0 Å². The van der Waals surface area contributed by atoms with Gasteiger partial charge in [0.25, 0.3) is 0 Å². The largest absolute Gasteiger partial charge is 0.362 e. The summed E-state index contributed by atoms with van der Waals surface area (Å²) in [5, 5.41) is 8.00. The zero-order valence-electron chi connectivity index (χ0n) is 14.8. The second kappa shape index (κ2) is 8.68. The number of aryl methyl sites for hydroxylation is 1. The molecule has 0 aliphatic heterocycles. The van der Waals surface area contributed by atoms with Crippen molar-refractivity contribution in [3.8, 4) is 0 Å². The first-order valence-electron chi connectivity index (χ1n) is 8.92. The van der Waals surface area contributed by atoms with E-state index in [-0.39, 0.29) is 5.41 Å². The highest BCUT2D eigenvalue weighted by molar-refractivity contribution is 9.10. The highest BCUT2D eigenvalue weighted by atomic mass is 79.9. The summed E-state index contributed by atoms with van der Waals surface area (Å²) in [5.74, 6) is 0.730. The minimum Gasteiger partial charge on any atom is -0.362 e. The number of thiocarbonyl (C=S) groups is 1. The molecule has 26 heavy (non-hydrogen) atoms. The summed E-state index contributed by atoms with van der Waals surface area (Å²) in [6.07, 6.45) is 7.89. The molecule has 2 aromatic rings. The van der Waals surface area contributed by atoms with Crippen molar-refractivity contribution >= 4 is 50.7 Å². The van der Waals surface area contributed by atoms with Crippen LogP contribution in [0.3, 0.4) is 0 Å². The summed E-state index contributed by atoms with van der Waals surface area (Å²) < 4.78 is 0.906. The lowest BCUT2D eigenvalue weighted by Gasteiger charge is -2.38. The topological polar surface area (TPSA) is 37.0 Å². The lowest BCUT2D eigenvalue weighted by atomic mass is 9.69. The Labute approximate surface area is 174 Å². The first-order valence-corrected chi connectivity index (χ1v) is 10.5. The highest BCUT2D eigenvalue weighted by Gasteiger charge is 2.34. The van der Waals surface area contributed by atoms with Crippen LogP contribution in [-0.4, -0.2) is 16.6 Å². The Morgan fingerprint density at radius 2 is 2.04 bits per heavy atom. The number of aromatic nitrogens is 1. The second-order valence-corrected chi connectivity index (χ2v) is 8.70. The molecule has 0 atom stereocenters. The van der Waals surface area contributed by atoms with Crippen LogP contribution in [0.2, 0.25) is 5.02 Å². The average Bonchev–Trinajstić information content (AvgIpc) is 2.63. The molecular weight excluding hydrogens is 430 g/mol. The van der Waals surface area contributed by atoms with Gasteiger partial charge in [-0.05, 0) is 77.2 Å². The average molecular weight is 453 g/mol. The van der Waals surface area contributed by atoms with E-state index in [1.54, 1.807) is 0 Å². The SMILES string of the molecule is Cc1cnc(NC(=S)NCC2(c3cccc(Cl)c3)CCCCC2)c(Br)c1. The molecule has 1 saturated carbocycles. The highest BCUT2D eigenvalue weighted by Crippen LogP contribution is 2.39. The summed E-state index contributed by atoms with van der Waals surface area (Å²) in [4.78, 5) is 4.40. The molecule has 3 nitrogen and oxygen atoms in total. The maximum Gasteiger partial charge on any atom is 0.172 e. The number of pyridine rings is 1. The molecule has 1 aromatic carbocycles. The quantitative estimate of drug-likeness (QED) is 0.558. The van der Waals surface area contributed by atoms with Crippen LogP contribution < -0.4 is 10.6 Å². The molecule has 1 aliphatic carbocycles. The molecule has 1 fully saturated rings. The van der Waals surface area contributed by atoms with E-state index in [4.69, 9.17) is 23.8 Å². The van der Waals surface area contributed by atoms with E-state index >= 15 is 0 Å². The van der Waals surface area contributed by atoms with Crippen molar-refractivity contribution in [1.29, 1.82) is 0 Å². The summed E-state index contributed by atoms with van der Waals surface area (Å²) >= 11 is 15.3. The van der Waals surface area contributed by atoms with Crippen molar-refractivity contribution in [2.75, 3.05) is 11.9 Å². The molecule has 0 saturated heterocycles. The predicted octanol–water partition coefficient (Wildman–Crippen LogP) is 5.99. The molecule has 0 spiro atoms. The third-order valence-corrected chi connectivity index (χ3v) is 6.13. The molecule has 0 unspecified atom stereocenters. The number of nitrogens with zero attached hydrogens (tertiary/aromatic N) is 1. The van der Waals surface area contributed by atoms with Gasteiger partial charge in [0.15, 0.2) is 5.11 Å². The number of halogens is 2. The molecule has 0 bridgehead atoms. The van der Waals surface area contributed by atoms with Gasteiger partial charge in [-0.25, -0.2) is 4.98 Å². The normalized spacial score (nSPS) is 16.1. The lowest BCUT2D eigenvalue weighted by Crippen LogP contribution is -2.43. The molecule has 1 aromatic heterocycles. The molecule has 138 valence electrons. The van der Waals surface area contributed by atoms with Crippen LogP contribution in [0.25, 0.3) is 0 Å². The van der Waals surface area contributed by atoms with Crippen LogP contribution in [0, 0.1) is 6.92 Å². The fraction of sp³-hybridized carbons (Fsp3) is 0.400. The van der Waals surface area contributed by atoms with Crippen LogP contribution >= 0.6 is 39.7 Å².